The first-order chi connectivity index (χ1) is 4.79. The van der Waals surface area contributed by atoms with Gasteiger partial charge in [0.15, 0.2) is 0 Å². The van der Waals surface area contributed by atoms with E-state index in [1.807, 2.05) is 0 Å². The molecule has 1 aliphatic carbocycles. The Hall–Kier alpha value is -0.600. The normalized spacial score (nSPS) is 39.8. The van der Waals surface area contributed by atoms with E-state index in [0.717, 1.165) is 0 Å². The van der Waals surface area contributed by atoms with Crippen molar-refractivity contribution >= 4 is 0 Å². The lowest BCUT2D eigenvalue weighted by atomic mass is 10.1. The molecule has 0 fully saturated rings. The summed E-state index contributed by atoms with van der Waals surface area (Å²) in [5.41, 5.74) is 0. The summed E-state index contributed by atoms with van der Waals surface area (Å²) in [6.45, 7) is 0. The molecule has 2 heteroatoms. The minimum absolute atomic E-state index is 0.389. The number of hydrogen-bond donors (Lipinski definition) is 2. The van der Waals surface area contributed by atoms with Crippen LogP contribution in [-0.4, -0.2) is 22.4 Å². The van der Waals surface area contributed by atoms with Gasteiger partial charge in [-0.3, -0.25) is 0 Å². The molecule has 0 saturated heterocycles. The average molecular weight is 140 g/mol. The first-order valence-electron chi connectivity index (χ1n) is 3.50. The van der Waals surface area contributed by atoms with Crippen LogP contribution in [0.5, 0.6) is 0 Å². The van der Waals surface area contributed by atoms with Crippen molar-refractivity contribution < 1.29 is 10.2 Å². The number of aliphatic hydroxyl groups is 2. The van der Waals surface area contributed by atoms with Crippen molar-refractivity contribution in [2.75, 3.05) is 0 Å². The predicted molar refractivity (Wildman–Crippen MR) is 39.5 cm³/mol. The highest BCUT2D eigenvalue weighted by atomic mass is 16.3. The Kier molecular flexibility index (Phi) is 2.66. The van der Waals surface area contributed by atoms with Gasteiger partial charge in [-0.15, -0.1) is 0 Å². The van der Waals surface area contributed by atoms with Gasteiger partial charge in [0.05, 0.1) is 12.2 Å². The van der Waals surface area contributed by atoms with Gasteiger partial charge in [0.2, 0.25) is 0 Å². The van der Waals surface area contributed by atoms with Crippen molar-refractivity contribution in [2.24, 2.45) is 0 Å². The maximum absolute atomic E-state index is 9.10. The molecular formula is C8H12O2. The van der Waals surface area contributed by atoms with Crippen molar-refractivity contribution in [1.82, 2.24) is 0 Å². The van der Waals surface area contributed by atoms with Gasteiger partial charge in [0, 0.05) is 0 Å². The van der Waals surface area contributed by atoms with E-state index < -0.39 is 0 Å². The Morgan fingerprint density at radius 2 is 1.30 bits per heavy atom. The minimum atomic E-state index is -0.389. The van der Waals surface area contributed by atoms with Gasteiger partial charge in [0.1, 0.15) is 0 Å². The van der Waals surface area contributed by atoms with E-state index in [9.17, 15) is 0 Å². The zero-order chi connectivity index (χ0) is 7.40. The molecule has 2 nitrogen and oxygen atoms in total. The first kappa shape index (κ1) is 7.51. The Labute approximate surface area is 60.5 Å². The Balaban J connectivity index is 2.52. The molecule has 0 heterocycles. The predicted octanol–water partition coefficient (Wildman–Crippen LogP) is 0.614. The zero-order valence-electron chi connectivity index (χ0n) is 5.77. The quantitative estimate of drug-likeness (QED) is 0.517. The highest BCUT2D eigenvalue weighted by Crippen LogP contribution is 2.06. The van der Waals surface area contributed by atoms with Crippen molar-refractivity contribution in [1.29, 1.82) is 0 Å². The van der Waals surface area contributed by atoms with Crippen LogP contribution in [0.25, 0.3) is 0 Å². The molecule has 2 unspecified atom stereocenters. The molecular weight excluding hydrogens is 128 g/mol. The highest BCUT2D eigenvalue weighted by molar-refractivity contribution is 5.08. The third-order valence-corrected chi connectivity index (χ3v) is 1.54. The lowest BCUT2D eigenvalue weighted by Crippen LogP contribution is -2.10. The molecule has 1 rings (SSSR count). The first-order valence-corrected chi connectivity index (χ1v) is 3.50. The molecule has 0 aliphatic heterocycles. The van der Waals surface area contributed by atoms with Gasteiger partial charge in [-0.1, -0.05) is 24.3 Å². The fourth-order valence-corrected chi connectivity index (χ4v) is 0.919. The fraction of sp³-hybridized carbons (Fsp3) is 0.500. The van der Waals surface area contributed by atoms with E-state index in [0.29, 0.717) is 12.8 Å². The van der Waals surface area contributed by atoms with Gasteiger partial charge in [0.25, 0.3) is 0 Å². The summed E-state index contributed by atoms with van der Waals surface area (Å²) in [5.74, 6) is 0. The Bertz CT molecular complexity index is 131. The molecule has 0 spiro atoms. The third kappa shape index (κ3) is 2.33. The van der Waals surface area contributed by atoms with Gasteiger partial charge in [-0.05, 0) is 12.8 Å². The van der Waals surface area contributed by atoms with Gasteiger partial charge in [-0.2, -0.15) is 0 Å². The Morgan fingerprint density at radius 3 is 1.70 bits per heavy atom. The molecule has 0 radical (unpaired) electrons. The SMILES string of the molecule is OC1/C=C\C=C/C(O)CC1. The van der Waals surface area contributed by atoms with E-state index in [1.54, 1.807) is 24.3 Å². The van der Waals surface area contributed by atoms with Crippen LogP contribution in [0.1, 0.15) is 12.8 Å². The van der Waals surface area contributed by atoms with Crippen molar-refractivity contribution in [3.05, 3.63) is 24.3 Å². The van der Waals surface area contributed by atoms with Crippen LogP contribution < -0.4 is 0 Å². The highest BCUT2D eigenvalue weighted by Gasteiger charge is 2.04. The topological polar surface area (TPSA) is 40.5 Å². The molecule has 10 heavy (non-hydrogen) atoms. The van der Waals surface area contributed by atoms with Gasteiger partial charge < -0.3 is 10.2 Å². The van der Waals surface area contributed by atoms with Crippen LogP contribution in [0.3, 0.4) is 0 Å². The smallest absolute Gasteiger partial charge is 0.0725 e. The van der Waals surface area contributed by atoms with Crippen molar-refractivity contribution in [3.8, 4) is 0 Å². The number of rotatable bonds is 0. The number of allylic oxidation sites excluding steroid dienone is 2. The molecule has 2 N–H and O–H groups in total. The lowest BCUT2D eigenvalue weighted by molar-refractivity contribution is 0.161. The van der Waals surface area contributed by atoms with E-state index in [4.69, 9.17) is 10.2 Å². The van der Waals surface area contributed by atoms with Crippen LogP contribution in [0.4, 0.5) is 0 Å². The lowest BCUT2D eigenvalue weighted by Gasteiger charge is -2.09. The fourth-order valence-electron chi connectivity index (χ4n) is 0.919. The molecule has 0 bridgehead atoms. The second-order valence-electron chi connectivity index (χ2n) is 2.48. The number of aliphatic hydroxyl groups excluding tert-OH is 2. The largest absolute Gasteiger partial charge is 0.389 e. The van der Waals surface area contributed by atoms with E-state index in [2.05, 4.69) is 0 Å². The summed E-state index contributed by atoms with van der Waals surface area (Å²) in [5, 5.41) is 18.2. The minimum Gasteiger partial charge on any atom is -0.389 e. The zero-order valence-corrected chi connectivity index (χ0v) is 5.77. The van der Waals surface area contributed by atoms with Crippen LogP contribution in [-0.2, 0) is 0 Å². The monoisotopic (exact) mass is 140 g/mol. The van der Waals surface area contributed by atoms with Crippen LogP contribution in [0, 0.1) is 0 Å². The summed E-state index contributed by atoms with van der Waals surface area (Å²) >= 11 is 0. The van der Waals surface area contributed by atoms with Crippen LogP contribution >= 0.6 is 0 Å². The van der Waals surface area contributed by atoms with E-state index in [-0.39, 0.29) is 12.2 Å². The summed E-state index contributed by atoms with van der Waals surface area (Å²) in [6, 6.07) is 0. The molecule has 2 atom stereocenters. The summed E-state index contributed by atoms with van der Waals surface area (Å²) < 4.78 is 0. The standard InChI is InChI=1S/C8H12O2/c9-7-3-1-2-4-8(10)6-5-7/h1-4,7-10H,5-6H2/b3-1-,4-2-. The van der Waals surface area contributed by atoms with E-state index in [1.165, 1.54) is 0 Å². The molecule has 0 aromatic heterocycles. The average Bonchev–Trinajstić information content (AvgIpc) is 1.90. The molecule has 56 valence electrons. The van der Waals surface area contributed by atoms with Crippen molar-refractivity contribution in [3.63, 3.8) is 0 Å². The molecule has 0 aromatic rings. The number of hydrogen-bond acceptors (Lipinski definition) is 2. The second-order valence-corrected chi connectivity index (χ2v) is 2.48. The van der Waals surface area contributed by atoms with Gasteiger partial charge >= 0.3 is 0 Å². The van der Waals surface area contributed by atoms with E-state index >= 15 is 0 Å². The molecule has 0 saturated carbocycles. The molecule has 1 aliphatic rings. The summed E-state index contributed by atoms with van der Waals surface area (Å²) in [6.07, 6.45) is 7.47. The molecule has 0 aromatic carbocycles. The molecule has 0 amide bonds. The van der Waals surface area contributed by atoms with Gasteiger partial charge in [-0.25, -0.2) is 0 Å². The maximum atomic E-state index is 9.10. The summed E-state index contributed by atoms with van der Waals surface area (Å²) in [7, 11) is 0. The van der Waals surface area contributed by atoms with Crippen molar-refractivity contribution in [2.45, 2.75) is 25.0 Å². The second kappa shape index (κ2) is 3.54. The Morgan fingerprint density at radius 1 is 0.900 bits per heavy atom. The summed E-state index contributed by atoms with van der Waals surface area (Å²) in [4.78, 5) is 0. The third-order valence-electron chi connectivity index (χ3n) is 1.54. The maximum Gasteiger partial charge on any atom is 0.0725 e. The van der Waals surface area contributed by atoms with Crippen LogP contribution in [0.2, 0.25) is 0 Å². The van der Waals surface area contributed by atoms with Crippen LogP contribution in [0.15, 0.2) is 24.3 Å².